The van der Waals surface area contributed by atoms with Gasteiger partial charge in [-0.3, -0.25) is 9.59 Å². The minimum atomic E-state index is -0.146. The van der Waals surface area contributed by atoms with Gasteiger partial charge in [0.2, 0.25) is 5.91 Å². The molecule has 1 N–H and O–H groups in total. The maximum absolute atomic E-state index is 13.0. The van der Waals surface area contributed by atoms with Crippen LogP contribution in [0.3, 0.4) is 0 Å². The molecule has 3 heterocycles. The fraction of sp³-hybridized carbons (Fsp3) is 0.321. The molecule has 0 aliphatic carbocycles. The number of carbonyl (C=O) groups is 2. The number of pyridine rings is 1. The third-order valence-corrected chi connectivity index (χ3v) is 7.67. The summed E-state index contributed by atoms with van der Waals surface area (Å²) < 4.78 is 0. The van der Waals surface area contributed by atoms with Gasteiger partial charge in [-0.05, 0) is 61.1 Å². The van der Waals surface area contributed by atoms with Gasteiger partial charge in [0, 0.05) is 43.0 Å². The number of benzene rings is 2. The summed E-state index contributed by atoms with van der Waals surface area (Å²) in [6, 6.07) is 19.6. The van der Waals surface area contributed by atoms with Gasteiger partial charge in [0.1, 0.15) is 5.82 Å². The molecule has 0 saturated carbocycles. The van der Waals surface area contributed by atoms with Crippen molar-refractivity contribution in [3.05, 3.63) is 83.6 Å². The van der Waals surface area contributed by atoms with E-state index in [-0.39, 0.29) is 11.8 Å². The summed E-state index contributed by atoms with van der Waals surface area (Å²) in [6.07, 6.45) is 6.46. The first kappa shape index (κ1) is 23.4. The zero-order valence-corrected chi connectivity index (χ0v) is 20.6. The number of amides is 2. The van der Waals surface area contributed by atoms with E-state index in [2.05, 4.69) is 21.3 Å². The lowest BCUT2D eigenvalue weighted by atomic mass is 10.1. The van der Waals surface area contributed by atoms with Crippen molar-refractivity contribution >= 4 is 35.1 Å². The number of piperidine rings is 1. The fourth-order valence-corrected chi connectivity index (χ4v) is 5.63. The van der Waals surface area contributed by atoms with Crippen LogP contribution in [0.5, 0.6) is 0 Å². The number of aromatic nitrogens is 1. The second-order valence-corrected chi connectivity index (χ2v) is 9.98. The normalized spacial score (nSPS) is 15.1. The van der Waals surface area contributed by atoms with Gasteiger partial charge in [0.15, 0.2) is 0 Å². The first-order valence-corrected chi connectivity index (χ1v) is 13.3. The van der Waals surface area contributed by atoms with Crippen LogP contribution in [0.25, 0.3) is 0 Å². The minimum Gasteiger partial charge on any atom is -0.357 e. The first-order chi connectivity index (χ1) is 17.2. The fourth-order valence-electron chi connectivity index (χ4n) is 4.70. The first-order valence-electron chi connectivity index (χ1n) is 12.3. The van der Waals surface area contributed by atoms with Gasteiger partial charge < -0.3 is 15.1 Å². The number of fused-ring (bicyclic) bond motifs is 1. The third-order valence-electron chi connectivity index (χ3n) is 6.61. The highest BCUT2D eigenvalue weighted by Crippen LogP contribution is 2.30. The summed E-state index contributed by atoms with van der Waals surface area (Å²) >= 11 is 1.41. The molecule has 0 radical (unpaired) electrons. The molecule has 3 aromatic rings. The topological polar surface area (TPSA) is 65.5 Å². The predicted octanol–water partition coefficient (Wildman–Crippen LogP) is 4.68. The van der Waals surface area contributed by atoms with E-state index in [9.17, 15) is 9.59 Å². The SMILES string of the molecule is O=C(NCc1ccc(N2CCCCC2)nc1)c1ccccc1SCC(=O)N1CCc2ccccc21. The van der Waals surface area contributed by atoms with Gasteiger partial charge in [-0.1, -0.05) is 36.4 Å². The lowest BCUT2D eigenvalue weighted by molar-refractivity contribution is -0.116. The Morgan fingerprint density at radius 3 is 2.54 bits per heavy atom. The smallest absolute Gasteiger partial charge is 0.252 e. The largest absolute Gasteiger partial charge is 0.357 e. The van der Waals surface area contributed by atoms with Crippen molar-refractivity contribution in [2.24, 2.45) is 0 Å². The van der Waals surface area contributed by atoms with Crippen molar-refractivity contribution in [3.63, 3.8) is 0 Å². The molecule has 2 aliphatic heterocycles. The average Bonchev–Trinajstić information content (AvgIpc) is 3.36. The van der Waals surface area contributed by atoms with Gasteiger partial charge in [0.25, 0.3) is 5.91 Å². The maximum atomic E-state index is 13.0. The van der Waals surface area contributed by atoms with Crippen LogP contribution in [-0.2, 0) is 17.8 Å². The van der Waals surface area contributed by atoms with Crippen LogP contribution in [0.15, 0.2) is 71.8 Å². The molecule has 7 heteroatoms. The number of hydrogen-bond donors (Lipinski definition) is 1. The summed E-state index contributed by atoms with van der Waals surface area (Å²) in [5.74, 6) is 1.22. The van der Waals surface area contributed by atoms with Gasteiger partial charge in [-0.25, -0.2) is 4.98 Å². The Kier molecular flexibility index (Phi) is 7.33. The quantitative estimate of drug-likeness (QED) is 0.491. The van der Waals surface area contributed by atoms with E-state index in [1.165, 1.54) is 36.6 Å². The zero-order valence-electron chi connectivity index (χ0n) is 19.8. The van der Waals surface area contributed by atoms with E-state index in [0.29, 0.717) is 24.4 Å². The van der Waals surface area contributed by atoms with Crippen molar-refractivity contribution in [1.29, 1.82) is 0 Å². The molecule has 0 atom stereocenters. The molecule has 5 rings (SSSR count). The molecule has 2 amide bonds. The molecule has 1 fully saturated rings. The molecular formula is C28H30N4O2S. The van der Waals surface area contributed by atoms with Crippen LogP contribution in [0.1, 0.15) is 40.7 Å². The van der Waals surface area contributed by atoms with E-state index in [0.717, 1.165) is 41.5 Å². The molecule has 6 nitrogen and oxygen atoms in total. The van der Waals surface area contributed by atoms with E-state index in [1.807, 2.05) is 65.7 Å². The molecule has 180 valence electrons. The number of para-hydroxylation sites is 1. The van der Waals surface area contributed by atoms with Crippen LogP contribution in [-0.4, -0.2) is 42.2 Å². The lowest BCUT2D eigenvalue weighted by Crippen LogP contribution is -2.30. The standard InChI is InChI=1S/C28H30N4O2S/c33-27(32-17-14-22-8-2-4-10-24(22)32)20-35-25-11-5-3-9-23(25)28(34)30-19-21-12-13-26(29-18-21)31-15-6-1-7-16-31/h2-5,8-13,18H,1,6-7,14-17,19-20H2,(H,30,34). The van der Waals surface area contributed by atoms with Crippen molar-refractivity contribution < 1.29 is 9.59 Å². The molecule has 2 aliphatic rings. The van der Waals surface area contributed by atoms with Gasteiger partial charge in [-0.2, -0.15) is 0 Å². The minimum absolute atomic E-state index is 0.0648. The van der Waals surface area contributed by atoms with Gasteiger partial charge in [0.05, 0.1) is 11.3 Å². The average molecular weight is 487 g/mol. The Labute approximate surface area is 210 Å². The molecule has 0 spiro atoms. The van der Waals surface area contributed by atoms with E-state index in [1.54, 1.807) is 0 Å². The number of anilines is 2. The highest BCUT2D eigenvalue weighted by molar-refractivity contribution is 8.00. The van der Waals surface area contributed by atoms with Crippen molar-refractivity contribution in [2.75, 3.05) is 35.2 Å². The summed E-state index contributed by atoms with van der Waals surface area (Å²) in [7, 11) is 0. The molecular weight excluding hydrogens is 456 g/mol. The summed E-state index contributed by atoms with van der Waals surface area (Å²) in [5, 5.41) is 3.01. The Morgan fingerprint density at radius 2 is 1.71 bits per heavy atom. The number of nitrogens with zero attached hydrogens (tertiary/aromatic N) is 3. The van der Waals surface area contributed by atoms with E-state index in [4.69, 9.17) is 0 Å². The highest BCUT2D eigenvalue weighted by atomic mass is 32.2. The number of hydrogen-bond acceptors (Lipinski definition) is 5. The summed E-state index contributed by atoms with van der Waals surface area (Å²) in [4.78, 5) is 35.5. The third kappa shape index (κ3) is 5.51. The second-order valence-electron chi connectivity index (χ2n) is 8.96. The van der Waals surface area contributed by atoms with Crippen LogP contribution >= 0.6 is 11.8 Å². The predicted molar refractivity (Wildman–Crippen MR) is 141 cm³/mol. The zero-order chi connectivity index (χ0) is 24.0. The molecule has 0 bridgehead atoms. The summed E-state index contributed by atoms with van der Waals surface area (Å²) in [6.45, 7) is 3.24. The highest BCUT2D eigenvalue weighted by Gasteiger charge is 2.24. The number of nitrogens with one attached hydrogen (secondary N) is 1. The van der Waals surface area contributed by atoms with Crippen LogP contribution in [0.4, 0.5) is 11.5 Å². The van der Waals surface area contributed by atoms with Gasteiger partial charge in [-0.15, -0.1) is 11.8 Å². The van der Waals surface area contributed by atoms with Crippen LogP contribution in [0.2, 0.25) is 0 Å². The molecule has 35 heavy (non-hydrogen) atoms. The molecule has 1 saturated heterocycles. The molecule has 0 unspecified atom stereocenters. The lowest BCUT2D eigenvalue weighted by Gasteiger charge is -2.27. The van der Waals surface area contributed by atoms with Crippen LogP contribution < -0.4 is 15.1 Å². The van der Waals surface area contributed by atoms with Gasteiger partial charge >= 0.3 is 0 Å². The van der Waals surface area contributed by atoms with E-state index < -0.39 is 0 Å². The monoisotopic (exact) mass is 486 g/mol. The number of carbonyl (C=O) groups excluding carboxylic acids is 2. The number of rotatable bonds is 7. The summed E-state index contributed by atoms with van der Waals surface area (Å²) in [5.41, 5.74) is 3.77. The van der Waals surface area contributed by atoms with E-state index >= 15 is 0 Å². The Hall–Kier alpha value is -3.32. The Morgan fingerprint density at radius 1 is 0.914 bits per heavy atom. The van der Waals surface area contributed by atoms with Crippen molar-refractivity contribution in [3.8, 4) is 0 Å². The Bertz CT molecular complexity index is 1190. The van der Waals surface area contributed by atoms with Crippen molar-refractivity contribution in [2.45, 2.75) is 37.1 Å². The van der Waals surface area contributed by atoms with Crippen LogP contribution in [0, 0.1) is 0 Å². The Balaban J connectivity index is 1.17. The maximum Gasteiger partial charge on any atom is 0.252 e. The molecule has 1 aromatic heterocycles. The molecule has 2 aromatic carbocycles. The number of thioether (sulfide) groups is 1. The van der Waals surface area contributed by atoms with Crippen molar-refractivity contribution in [1.82, 2.24) is 10.3 Å². The second kappa shape index (κ2) is 11.0.